The molecule has 6 heteroatoms. The maximum Gasteiger partial charge on any atom is 0.416 e. The number of hydrogen-bond acceptors (Lipinski definition) is 2. The Kier molecular flexibility index (Phi) is 6.44. The number of likely N-dealkylation sites (tertiary alicyclic amines) is 2. The summed E-state index contributed by atoms with van der Waals surface area (Å²) in [6, 6.07) is 12.5. The first-order valence-electron chi connectivity index (χ1n) is 10.8. The van der Waals surface area contributed by atoms with E-state index in [0.29, 0.717) is 18.7 Å². The van der Waals surface area contributed by atoms with Crippen LogP contribution >= 0.6 is 0 Å². The third-order valence-corrected chi connectivity index (χ3v) is 6.45. The lowest BCUT2D eigenvalue weighted by molar-refractivity contribution is -0.137. The molecule has 162 valence electrons. The highest BCUT2D eigenvalue weighted by Gasteiger charge is 2.37. The summed E-state index contributed by atoms with van der Waals surface area (Å²) in [5.74, 6) is 0.0203. The molecular weight excluding hydrogens is 392 g/mol. The van der Waals surface area contributed by atoms with Crippen LogP contribution < -0.4 is 0 Å². The minimum absolute atomic E-state index is 0.0148. The zero-order valence-electron chi connectivity index (χ0n) is 17.0. The largest absolute Gasteiger partial charge is 0.416 e. The first kappa shape index (κ1) is 21.3. The molecule has 2 saturated heterocycles. The lowest BCUT2D eigenvalue weighted by Crippen LogP contribution is -2.36. The fraction of sp³-hybridized carbons (Fsp3) is 0.500. The molecule has 0 amide bonds. The number of piperidine rings is 1. The zero-order valence-corrected chi connectivity index (χ0v) is 17.0. The Bertz CT molecular complexity index is 845. The van der Waals surface area contributed by atoms with Crippen LogP contribution in [-0.4, -0.2) is 42.5 Å². The lowest BCUT2D eigenvalue weighted by Gasteiger charge is -2.31. The molecule has 2 atom stereocenters. The van der Waals surface area contributed by atoms with E-state index >= 15 is 0 Å². The van der Waals surface area contributed by atoms with Crippen LogP contribution in [0.5, 0.6) is 0 Å². The summed E-state index contributed by atoms with van der Waals surface area (Å²) in [5, 5.41) is 0. The molecule has 2 nitrogen and oxygen atoms in total. The van der Waals surface area contributed by atoms with E-state index in [1.165, 1.54) is 37.5 Å². The second-order valence-corrected chi connectivity index (χ2v) is 8.64. The quantitative estimate of drug-likeness (QED) is 0.586. The van der Waals surface area contributed by atoms with Gasteiger partial charge in [-0.3, -0.25) is 4.90 Å². The monoisotopic (exact) mass is 420 g/mol. The molecule has 0 bridgehead atoms. The van der Waals surface area contributed by atoms with E-state index < -0.39 is 11.7 Å². The summed E-state index contributed by atoms with van der Waals surface area (Å²) in [6.45, 7) is 4.89. The Labute approximate surface area is 175 Å². The molecule has 0 aliphatic carbocycles. The molecule has 0 aromatic heterocycles. The minimum atomic E-state index is -4.34. The Morgan fingerprint density at radius 2 is 1.63 bits per heavy atom. The number of benzene rings is 2. The summed E-state index contributed by atoms with van der Waals surface area (Å²) >= 11 is 0. The van der Waals surface area contributed by atoms with E-state index in [4.69, 9.17) is 0 Å². The van der Waals surface area contributed by atoms with E-state index in [1.807, 2.05) is 12.1 Å². The van der Waals surface area contributed by atoms with Crippen molar-refractivity contribution in [1.82, 2.24) is 9.80 Å². The fourth-order valence-corrected chi connectivity index (χ4v) is 4.94. The Hall–Kier alpha value is -1.92. The van der Waals surface area contributed by atoms with Crippen LogP contribution in [-0.2, 0) is 12.7 Å². The van der Waals surface area contributed by atoms with Crippen LogP contribution in [0.2, 0.25) is 0 Å². The van der Waals surface area contributed by atoms with Crippen molar-refractivity contribution in [2.24, 2.45) is 5.92 Å². The van der Waals surface area contributed by atoms with Crippen molar-refractivity contribution in [3.63, 3.8) is 0 Å². The van der Waals surface area contributed by atoms with Crippen LogP contribution in [0.25, 0.3) is 0 Å². The van der Waals surface area contributed by atoms with Gasteiger partial charge < -0.3 is 4.90 Å². The molecule has 0 spiro atoms. The second-order valence-electron chi connectivity index (χ2n) is 8.64. The van der Waals surface area contributed by atoms with Gasteiger partial charge in [0, 0.05) is 37.7 Å². The maximum atomic E-state index is 14.2. The lowest BCUT2D eigenvalue weighted by atomic mass is 9.87. The topological polar surface area (TPSA) is 6.48 Å². The van der Waals surface area contributed by atoms with Crippen LogP contribution in [0.15, 0.2) is 48.5 Å². The van der Waals surface area contributed by atoms with Crippen LogP contribution in [0.4, 0.5) is 17.6 Å². The van der Waals surface area contributed by atoms with Gasteiger partial charge in [-0.15, -0.1) is 0 Å². The van der Waals surface area contributed by atoms with Gasteiger partial charge in [-0.1, -0.05) is 42.8 Å². The molecule has 2 aliphatic heterocycles. The van der Waals surface area contributed by atoms with Gasteiger partial charge in [0.1, 0.15) is 5.82 Å². The van der Waals surface area contributed by atoms with Crippen molar-refractivity contribution in [3.05, 3.63) is 71.0 Å². The van der Waals surface area contributed by atoms with Crippen LogP contribution in [0.1, 0.15) is 41.9 Å². The van der Waals surface area contributed by atoms with Gasteiger partial charge in [0.15, 0.2) is 0 Å². The molecule has 30 heavy (non-hydrogen) atoms. The van der Waals surface area contributed by atoms with Crippen molar-refractivity contribution in [2.45, 2.75) is 37.9 Å². The van der Waals surface area contributed by atoms with Crippen LogP contribution in [0.3, 0.4) is 0 Å². The van der Waals surface area contributed by atoms with Gasteiger partial charge in [0.25, 0.3) is 0 Å². The van der Waals surface area contributed by atoms with Gasteiger partial charge in [-0.05, 0) is 49.5 Å². The number of rotatable bonds is 5. The molecule has 2 aliphatic rings. The maximum absolute atomic E-state index is 14.2. The van der Waals surface area contributed by atoms with Crippen molar-refractivity contribution in [1.29, 1.82) is 0 Å². The number of halogens is 4. The molecule has 0 unspecified atom stereocenters. The van der Waals surface area contributed by atoms with Crippen molar-refractivity contribution in [3.8, 4) is 0 Å². The second kappa shape index (κ2) is 9.06. The van der Waals surface area contributed by atoms with Gasteiger partial charge in [-0.2, -0.15) is 13.2 Å². The third kappa shape index (κ3) is 5.03. The third-order valence-electron chi connectivity index (χ3n) is 6.45. The highest BCUT2D eigenvalue weighted by molar-refractivity contribution is 5.30. The molecule has 0 saturated carbocycles. The summed E-state index contributed by atoms with van der Waals surface area (Å²) < 4.78 is 54.0. The first-order chi connectivity index (χ1) is 14.4. The molecular formula is C24H28F4N2. The molecule has 2 aromatic carbocycles. The number of alkyl halides is 3. The van der Waals surface area contributed by atoms with Crippen LogP contribution in [0, 0.1) is 11.7 Å². The Morgan fingerprint density at radius 1 is 0.867 bits per heavy atom. The summed E-state index contributed by atoms with van der Waals surface area (Å²) in [7, 11) is 0. The number of hydrogen-bond donors (Lipinski definition) is 0. The smallest absolute Gasteiger partial charge is 0.303 e. The highest BCUT2D eigenvalue weighted by Crippen LogP contribution is 2.37. The first-order valence-corrected chi connectivity index (χ1v) is 10.8. The van der Waals surface area contributed by atoms with E-state index in [2.05, 4.69) is 9.80 Å². The number of nitrogens with zero attached hydrogens (tertiary/aromatic N) is 2. The standard InChI is InChI=1S/C24H28F4N2/c25-23-10-3-2-7-19(23)14-30-16-20(15-29-11-4-1-5-12-29)22(17-30)18-8-6-9-21(13-18)24(26,27)28/h2-3,6-10,13,20,22H,1,4-5,11-12,14-17H2/t20-,22-/m0/s1. The summed E-state index contributed by atoms with van der Waals surface area (Å²) in [4.78, 5) is 4.64. The van der Waals surface area contributed by atoms with E-state index in [1.54, 1.807) is 12.1 Å². The highest BCUT2D eigenvalue weighted by atomic mass is 19.4. The van der Waals surface area contributed by atoms with E-state index in [0.717, 1.165) is 37.8 Å². The van der Waals surface area contributed by atoms with Gasteiger partial charge in [0.2, 0.25) is 0 Å². The van der Waals surface area contributed by atoms with Crippen molar-refractivity contribution < 1.29 is 17.6 Å². The van der Waals surface area contributed by atoms with Gasteiger partial charge >= 0.3 is 6.18 Å². The van der Waals surface area contributed by atoms with Crippen molar-refractivity contribution >= 4 is 0 Å². The van der Waals surface area contributed by atoms with E-state index in [-0.39, 0.29) is 17.7 Å². The summed E-state index contributed by atoms with van der Waals surface area (Å²) in [5.41, 5.74) is 0.783. The Morgan fingerprint density at radius 3 is 2.37 bits per heavy atom. The molecule has 2 heterocycles. The van der Waals surface area contributed by atoms with E-state index in [9.17, 15) is 17.6 Å². The average molecular weight is 420 g/mol. The predicted octanol–water partition coefficient (Wildman–Crippen LogP) is 5.55. The van der Waals surface area contributed by atoms with Crippen molar-refractivity contribution in [2.75, 3.05) is 32.7 Å². The SMILES string of the molecule is Fc1ccccc1CN1C[C@H](CN2CCCCC2)[C@H](c2cccc(C(F)(F)F)c2)C1. The predicted molar refractivity (Wildman–Crippen MR) is 110 cm³/mol. The molecule has 2 fully saturated rings. The fourth-order valence-electron chi connectivity index (χ4n) is 4.94. The van der Waals surface area contributed by atoms with Gasteiger partial charge in [-0.25, -0.2) is 4.39 Å². The molecule has 0 N–H and O–H groups in total. The Balaban J connectivity index is 1.55. The average Bonchev–Trinajstić information content (AvgIpc) is 3.12. The van der Waals surface area contributed by atoms with Gasteiger partial charge in [0.05, 0.1) is 5.56 Å². The minimum Gasteiger partial charge on any atom is -0.303 e. The molecule has 4 rings (SSSR count). The zero-order chi connectivity index (χ0) is 21.1. The summed E-state index contributed by atoms with van der Waals surface area (Å²) in [6.07, 6.45) is -0.735. The molecule has 0 radical (unpaired) electrons. The molecule has 2 aromatic rings. The normalized spacial score (nSPS) is 23.7.